The lowest BCUT2D eigenvalue weighted by Gasteiger charge is -2.39. The van der Waals surface area contributed by atoms with Crippen LogP contribution in [0.1, 0.15) is 46.5 Å². The highest BCUT2D eigenvalue weighted by atomic mass is 32.2. The summed E-state index contributed by atoms with van der Waals surface area (Å²) in [5, 5.41) is 17.5. The number of hydrogen-bond donors (Lipinski definition) is 2. The Kier molecular flexibility index (Phi) is 7.46. The molecule has 2 N–H and O–H groups in total. The predicted octanol–water partition coefficient (Wildman–Crippen LogP) is 4.26. The lowest BCUT2D eigenvalue weighted by Crippen LogP contribution is -2.49. The van der Waals surface area contributed by atoms with Gasteiger partial charge in [-0.1, -0.05) is 0 Å². The number of nitrogens with zero attached hydrogens (tertiary/aromatic N) is 4. The summed E-state index contributed by atoms with van der Waals surface area (Å²) >= 11 is 0. The maximum absolute atomic E-state index is 14.6. The zero-order valence-corrected chi connectivity index (χ0v) is 22.4. The van der Waals surface area contributed by atoms with E-state index in [2.05, 4.69) is 20.6 Å². The van der Waals surface area contributed by atoms with Crippen molar-refractivity contribution in [1.82, 2.24) is 14.9 Å². The lowest BCUT2D eigenvalue weighted by atomic mass is 9.91. The number of fused-ring (bicyclic) bond motifs is 2. The monoisotopic (exact) mass is 550 g/mol. The van der Waals surface area contributed by atoms with E-state index < -0.39 is 31.9 Å². The molecule has 14 heteroatoms. The van der Waals surface area contributed by atoms with Crippen LogP contribution < -0.4 is 10.6 Å². The first-order chi connectivity index (χ1) is 17.7. The Morgan fingerprint density at radius 2 is 1.84 bits per heavy atom. The molecule has 0 radical (unpaired) electrons. The summed E-state index contributed by atoms with van der Waals surface area (Å²) in [6.45, 7) is 5.89. The second-order valence-electron chi connectivity index (χ2n) is 10.7. The molecule has 3 heterocycles. The Labute approximate surface area is 220 Å². The van der Waals surface area contributed by atoms with Crippen molar-refractivity contribution < 1.29 is 27.3 Å². The van der Waals surface area contributed by atoms with Gasteiger partial charge in [0.1, 0.15) is 17.7 Å². The fourth-order valence-electron chi connectivity index (χ4n) is 5.04. The Morgan fingerprint density at radius 1 is 1.21 bits per heavy atom. The molecule has 3 atom stereocenters. The van der Waals surface area contributed by atoms with E-state index >= 15 is 0 Å². The maximum atomic E-state index is 14.6. The van der Waals surface area contributed by atoms with Crippen LogP contribution in [0.5, 0.6) is 0 Å². The molecule has 0 aliphatic carbocycles. The van der Waals surface area contributed by atoms with Gasteiger partial charge in [0.25, 0.3) is 0 Å². The van der Waals surface area contributed by atoms with Gasteiger partial charge in [-0.2, -0.15) is 0 Å². The summed E-state index contributed by atoms with van der Waals surface area (Å²) in [4.78, 5) is 33.5. The van der Waals surface area contributed by atoms with Crippen LogP contribution in [0.15, 0.2) is 29.4 Å². The molecule has 2 aliphatic heterocycles. The fourth-order valence-corrected chi connectivity index (χ4v) is 5.67. The molecule has 2 aliphatic rings. The normalized spacial score (nSPS) is 21.2. The van der Waals surface area contributed by atoms with Crippen molar-refractivity contribution in [2.75, 3.05) is 23.4 Å². The predicted molar refractivity (Wildman–Crippen MR) is 138 cm³/mol. The number of nitrogens with one attached hydrogen (secondary N) is 2. The second kappa shape index (κ2) is 10.3. The quantitative estimate of drug-likeness (QED) is 0.377. The van der Waals surface area contributed by atoms with Gasteiger partial charge in [0.2, 0.25) is 11.6 Å². The van der Waals surface area contributed by atoms with Crippen LogP contribution in [-0.4, -0.2) is 64.8 Å². The minimum atomic E-state index is -3.62. The molecule has 2 bridgehead atoms. The molecule has 1 aromatic heterocycles. The van der Waals surface area contributed by atoms with E-state index in [-0.39, 0.29) is 46.3 Å². The van der Waals surface area contributed by atoms with Gasteiger partial charge in [0.05, 0.1) is 15.5 Å². The van der Waals surface area contributed by atoms with E-state index in [0.717, 1.165) is 44.3 Å². The third-order valence-corrected chi connectivity index (χ3v) is 7.73. The van der Waals surface area contributed by atoms with Crippen molar-refractivity contribution in [3.63, 3.8) is 0 Å². The van der Waals surface area contributed by atoms with Crippen LogP contribution in [0, 0.1) is 21.8 Å². The van der Waals surface area contributed by atoms with E-state index in [9.17, 15) is 27.7 Å². The van der Waals surface area contributed by atoms with Crippen molar-refractivity contribution in [2.24, 2.45) is 5.92 Å². The minimum Gasteiger partial charge on any atom is -0.444 e. The average molecular weight is 551 g/mol. The standard InChI is InChI=1S/C24H31FN6O6S/c1-24(2,3)37-23(32)30-15-5-6-16(30)10-14(9-15)12-26-21-20(31(33)34)22(28-13-27-21)29-19-8-7-17(11-18(19)25)38(4,35)36/h7-8,11,13-16H,5-6,9-10,12H2,1-4H3,(H2,26,27,28,29)/t14?,15-,16+. The smallest absolute Gasteiger partial charge is 0.410 e. The molecule has 0 spiro atoms. The zero-order valence-electron chi connectivity index (χ0n) is 21.6. The number of sulfone groups is 1. The molecule has 1 amide bonds. The molecule has 206 valence electrons. The number of hydrogen-bond acceptors (Lipinski definition) is 10. The van der Waals surface area contributed by atoms with Gasteiger partial charge in [0, 0.05) is 24.9 Å². The topological polar surface area (TPSA) is 157 Å². The number of anilines is 3. The van der Waals surface area contributed by atoms with E-state index in [4.69, 9.17) is 4.74 Å². The number of halogens is 1. The molecular weight excluding hydrogens is 519 g/mol. The Hall–Kier alpha value is -3.55. The van der Waals surface area contributed by atoms with Gasteiger partial charge in [-0.05, 0) is 70.6 Å². The molecule has 12 nitrogen and oxygen atoms in total. The number of aromatic nitrogens is 2. The number of amides is 1. The number of piperidine rings is 1. The van der Waals surface area contributed by atoms with Gasteiger partial charge >= 0.3 is 11.8 Å². The first-order valence-electron chi connectivity index (χ1n) is 12.2. The third kappa shape index (κ3) is 6.11. The fraction of sp³-hybridized carbons (Fsp3) is 0.542. The number of ether oxygens (including phenoxy) is 1. The minimum absolute atomic E-state index is 0.0254. The average Bonchev–Trinajstić information content (AvgIpc) is 3.07. The van der Waals surface area contributed by atoms with Crippen LogP contribution in [0.25, 0.3) is 0 Å². The molecule has 2 saturated heterocycles. The Balaban J connectivity index is 1.46. The first kappa shape index (κ1) is 27.5. The highest BCUT2D eigenvalue weighted by molar-refractivity contribution is 7.90. The lowest BCUT2D eigenvalue weighted by molar-refractivity contribution is -0.383. The summed E-state index contributed by atoms with van der Waals surface area (Å²) in [5.41, 5.74) is -1.21. The summed E-state index contributed by atoms with van der Waals surface area (Å²) in [6, 6.07) is 3.31. The highest BCUT2D eigenvalue weighted by Gasteiger charge is 2.44. The molecule has 4 rings (SSSR count). The molecule has 38 heavy (non-hydrogen) atoms. The van der Waals surface area contributed by atoms with Gasteiger partial charge in [0.15, 0.2) is 9.84 Å². The summed E-state index contributed by atoms with van der Waals surface area (Å²) in [5.74, 6) is -1.01. The van der Waals surface area contributed by atoms with E-state index in [1.54, 1.807) is 0 Å². The third-order valence-electron chi connectivity index (χ3n) is 6.62. The van der Waals surface area contributed by atoms with E-state index in [0.29, 0.717) is 6.54 Å². The van der Waals surface area contributed by atoms with Crippen LogP contribution >= 0.6 is 0 Å². The molecular formula is C24H31FN6O6S. The molecule has 2 aromatic rings. The Morgan fingerprint density at radius 3 is 2.39 bits per heavy atom. The first-order valence-corrected chi connectivity index (χ1v) is 14.1. The molecule has 0 saturated carbocycles. The summed E-state index contributed by atoms with van der Waals surface area (Å²) < 4.78 is 43.5. The van der Waals surface area contributed by atoms with Crippen molar-refractivity contribution in [2.45, 2.75) is 69.0 Å². The number of carbonyl (C=O) groups is 1. The maximum Gasteiger partial charge on any atom is 0.410 e. The second-order valence-corrected chi connectivity index (χ2v) is 12.7. The van der Waals surface area contributed by atoms with Crippen LogP contribution in [-0.2, 0) is 14.6 Å². The van der Waals surface area contributed by atoms with Crippen molar-refractivity contribution in [1.29, 1.82) is 0 Å². The summed E-state index contributed by atoms with van der Waals surface area (Å²) in [7, 11) is -3.62. The van der Waals surface area contributed by atoms with Crippen molar-refractivity contribution in [3.05, 3.63) is 40.5 Å². The van der Waals surface area contributed by atoms with Gasteiger partial charge in [-0.15, -0.1) is 0 Å². The number of carbonyl (C=O) groups excluding carboxylic acids is 1. The largest absolute Gasteiger partial charge is 0.444 e. The number of nitro groups is 1. The Bertz CT molecular complexity index is 1330. The molecule has 1 aromatic carbocycles. The van der Waals surface area contributed by atoms with E-state index in [1.807, 2.05) is 25.7 Å². The van der Waals surface area contributed by atoms with E-state index in [1.165, 1.54) is 12.1 Å². The molecule has 2 fully saturated rings. The van der Waals surface area contributed by atoms with Crippen LogP contribution in [0.2, 0.25) is 0 Å². The van der Waals surface area contributed by atoms with Gasteiger partial charge in [-0.25, -0.2) is 27.6 Å². The van der Waals surface area contributed by atoms with Crippen molar-refractivity contribution in [3.8, 4) is 0 Å². The van der Waals surface area contributed by atoms with Crippen LogP contribution in [0.3, 0.4) is 0 Å². The number of benzene rings is 1. The van der Waals surface area contributed by atoms with Crippen LogP contribution in [0.4, 0.5) is 32.2 Å². The molecule has 1 unspecified atom stereocenters. The van der Waals surface area contributed by atoms with Gasteiger partial charge < -0.3 is 20.3 Å². The summed E-state index contributed by atoms with van der Waals surface area (Å²) in [6.07, 6.45) is 4.98. The highest BCUT2D eigenvalue weighted by Crippen LogP contribution is 2.40. The SMILES string of the molecule is CC(C)(C)OC(=O)N1[C@@H]2CC[C@H]1CC(CNc1ncnc(Nc3ccc(S(C)(=O)=O)cc3F)c1[N+](=O)[O-])C2. The van der Waals surface area contributed by atoms with Gasteiger partial charge in [-0.3, -0.25) is 10.1 Å². The van der Waals surface area contributed by atoms with Crippen molar-refractivity contribution >= 4 is 38.9 Å². The number of rotatable bonds is 7. The zero-order chi connectivity index (χ0) is 27.8.